The molecule has 162 valence electrons. The van der Waals surface area contributed by atoms with Gasteiger partial charge in [0.25, 0.3) is 0 Å². The number of amides is 1. The second kappa shape index (κ2) is 7.47. The van der Waals surface area contributed by atoms with Crippen molar-refractivity contribution in [1.82, 2.24) is 14.1 Å². The highest BCUT2D eigenvalue weighted by Gasteiger charge is 2.32. The zero-order chi connectivity index (χ0) is 22.5. The number of nitrogens with zero attached hydrogens (tertiary/aromatic N) is 5. The number of anilines is 1. The quantitative estimate of drug-likeness (QED) is 0.469. The normalized spacial score (nSPS) is 16.7. The van der Waals surface area contributed by atoms with Crippen molar-refractivity contribution in [3.05, 3.63) is 78.2 Å². The minimum atomic E-state index is -0.310. The standard InChI is InChI=1S/C26H21N5O2/c27-13-17-1-3-18(4-2-17)20-12-24-25-28-8-10-31(25)23-6-5-22(11-21(23)15-29(24)14-20)30-9-7-19(16-32)26(30)33/h1-6,8,10-12,14,19,32H,7,9,15-16H2. The lowest BCUT2D eigenvalue weighted by Crippen LogP contribution is -2.28. The first-order chi connectivity index (χ1) is 16.2. The van der Waals surface area contributed by atoms with Gasteiger partial charge in [-0.15, -0.1) is 0 Å². The summed E-state index contributed by atoms with van der Waals surface area (Å²) >= 11 is 0. The van der Waals surface area contributed by atoms with E-state index in [9.17, 15) is 9.90 Å². The fourth-order valence-electron chi connectivity index (χ4n) is 4.86. The number of hydrogen-bond acceptors (Lipinski definition) is 4. The lowest BCUT2D eigenvalue weighted by molar-refractivity contribution is -0.121. The molecule has 4 aromatic rings. The Morgan fingerprint density at radius 1 is 1.12 bits per heavy atom. The van der Waals surface area contributed by atoms with Crippen molar-refractivity contribution in [3.8, 4) is 34.4 Å². The monoisotopic (exact) mass is 435 g/mol. The molecule has 2 aromatic heterocycles. The Hall–Kier alpha value is -4.15. The van der Waals surface area contributed by atoms with E-state index >= 15 is 0 Å². The summed E-state index contributed by atoms with van der Waals surface area (Å²) in [5.41, 5.74) is 6.74. The van der Waals surface area contributed by atoms with Gasteiger partial charge in [0.1, 0.15) is 0 Å². The Labute approximate surface area is 190 Å². The first-order valence-corrected chi connectivity index (χ1v) is 11.0. The van der Waals surface area contributed by atoms with Crippen molar-refractivity contribution >= 4 is 11.6 Å². The van der Waals surface area contributed by atoms with Gasteiger partial charge in [-0.1, -0.05) is 12.1 Å². The van der Waals surface area contributed by atoms with Crippen LogP contribution in [0.25, 0.3) is 28.3 Å². The first kappa shape index (κ1) is 19.5. The van der Waals surface area contributed by atoms with E-state index in [0.717, 1.165) is 39.6 Å². The molecule has 33 heavy (non-hydrogen) atoms. The molecule has 1 amide bonds. The molecular formula is C26H21N5O2. The highest BCUT2D eigenvalue weighted by molar-refractivity contribution is 5.97. The molecule has 1 N–H and O–H groups in total. The van der Waals surface area contributed by atoms with Gasteiger partial charge < -0.3 is 14.6 Å². The maximum absolute atomic E-state index is 12.7. The van der Waals surface area contributed by atoms with Crippen LogP contribution < -0.4 is 4.90 Å². The maximum Gasteiger partial charge on any atom is 0.232 e. The molecule has 2 aromatic carbocycles. The second-order valence-electron chi connectivity index (χ2n) is 8.52. The van der Waals surface area contributed by atoms with Gasteiger partial charge in [0.05, 0.1) is 35.5 Å². The number of aromatic nitrogens is 3. The van der Waals surface area contributed by atoms with Crippen LogP contribution >= 0.6 is 0 Å². The number of nitriles is 1. The second-order valence-corrected chi connectivity index (χ2v) is 8.52. The molecular weight excluding hydrogens is 414 g/mol. The first-order valence-electron chi connectivity index (χ1n) is 11.0. The molecule has 1 unspecified atom stereocenters. The minimum absolute atomic E-state index is 0.0147. The molecule has 4 heterocycles. The van der Waals surface area contributed by atoms with Crippen LogP contribution in [0.5, 0.6) is 0 Å². The van der Waals surface area contributed by atoms with Crippen LogP contribution in [0.15, 0.2) is 67.1 Å². The molecule has 2 aliphatic heterocycles. The molecule has 0 spiro atoms. The third-order valence-corrected chi connectivity index (χ3v) is 6.63. The average molecular weight is 435 g/mol. The Morgan fingerprint density at radius 2 is 1.97 bits per heavy atom. The topological polar surface area (TPSA) is 87.1 Å². The fraction of sp³-hybridized carbons (Fsp3) is 0.192. The van der Waals surface area contributed by atoms with Crippen LogP contribution in [0, 0.1) is 17.2 Å². The van der Waals surface area contributed by atoms with Crippen molar-refractivity contribution < 1.29 is 9.90 Å². The summed E-state index contributed by atoms with van der Waals surface area (Å²) in [6.07, 6.45) is 6.54. The highest BCUT2D eigenvalue weighted by atomic mass is 16.3. The van der Waals surface area contributed by atoms with Gasteiger partial charge >= 0.3 is 0 Å². The maximum atomic E-state index is 12.7. The molecule has 0 radical (unpaired) electrons. The largest absolute Gasteiger partial charge is 0.396 e. The number of carbonyl (C=O) groups excluding carboxylic acids is 1. The zero-order valence-electron chi connectivity index (χ0n) is 17.8. The molecule has 7 nitrogen and oxygen atoms in total. The zero-order valence-corrected chi connectivity index (χ0v) is 17.8. The molecule has 6 rings (SSSR count). The van der Waals surface area contributed by atoms with Gasteiger partial charge in [-0.3, -0.25) is 9.36 Å². The van der Waals surface area contributed by atoms with E-state index in [2.05, 4.69) is 38.5 Å². The highest BCUT2D eigenvalue weighted by Crippen LogP contribution is 2.36. The molecule has 7 heteroatoms. The predicted octanol–water partition coefficient (Wildman–Crippen LogP) is 3.59. The Bertz CT molecular complexity index is 1420. The van der Waals surface area contributed by atoms with Crippen LogP contribution in [0.4, 0.5) is 5.69 Å². The van der Waals surface area contributed by atoms with E-state index in [4.69, 9.17) is 5.26 Å². The lowest BCUT2D eigenvalue weighted by Gasteiger charge is -2.19. The summed E-state index contributed by atoms with van der Waals surface area (Å²) in [7, 11) is 0. The summed E-state index contributed by atoms with van der Waals surface area (Å²) in [4.78, 5) is 19.1. The average Bonchev–Trinajstić information content (AvgIpc) is 3.56. The van der Waals surface area contributed by atoms with Gasteiger partial charge in [-0.25, -0.2) is 4.98 Å². The molecule has 0 saturated carbocycles. The smallest absolute Gasteiger partial charge is 0.232 e. The van der Waals surface area contributed by atoms with Gasteiger partial charge in [0.15, 0.2) is 5.82 Å². The van der Waals surface area contributed by atoms with Crippen LogP contribution in [0.1, 0.15) is 17.5 Å². The van der Waals surface area contributed by atoms with Crippen molar-refractivity contribution in [1.29, 1.82) is 5.26 Å². The summed E-state index contributed by atoms with van der Waals surface area (Å²) in [5.74, 6) is 0.535. The number of benzene rings is 2. The molecule has 0 aliphatic carbocycles. The number of hydrogen-bond donors (Lipinski definition) is 1. The van der Waals surface area contributed by atoms with Crippen LogP contribution in [-0.2, 0) is 11.3 Å². The van der Waals surface area contributed by atoms with E-state index in [0.29, 0.717) is 25.1 Å². The predicted molar refractivity (Wildman–Crippen MR) is 124 cm³/mol. The van der Waals surface area contributed by atoms with Crippen molar-refractivity contribution in [2.45, 2.75) is 13.0 Å². The van der Waals surface area contributed by atoms with Gasteiger partial charge in [-0.05, 0) is 53.9 Å². The van der Waals surface area contributed by atoms with Gasteiger partial charge in [0.2, 0.25) is 5.91 Å². The summed E-state index contributed by atoms with van der Waals surface area (Å²) in [5, 5.41) is 18.6. The number of carbonyl (C=O) groups is 1. The van der Waals surface area contributed by atoms with E-state index in [1.165, 1.54) is 0 Å². The van der Waals surface area contributed by atoms with Crippen molar-refractivity contribution in [2.75, 3.05) is 18.1 Å². The van der Waals surface area contributed by atoms with E-state index < -0.39 is 0 Å². The van der Waals surface area contributed by atoms with Crippen LogP contribution in [-0.4, -0.2) is 38.3 Å². The Balaban J connectivity index is 1.43. The SMILES string of the molecule is N#Cc1ccc(-c2cc3n(c2)Cc2cc(N4CCC(CO)C4=O)ccc2-n2ccnc2-3)cc1. The van der Waals surface area contributed by atoms with E-state index in [1.54, 1.807) is 11.1 Å². The Kier molecular flexibility index (Phi) is 4.42. The van der Waals surface area contributed by atoms with E-state index in [1.807, 2.05) is 42.6 Å². The van der Waals surface area contributed by atoms with Gasteiger partial charge in [0, 0.05) is 42.9 Å². The number of fused-ring (bicyclic) bond motifs is 5. The van der Waals surface area contributed by atoms with Crippen molar-refractivity contribution in [3.63, 3.8) is 0 Å². The number of imidazole rings is 1. The third-order valence-electron chi connectivity index (χ3n) is 6.63. The molecule has 0 bridgehead atoms. The summed E-state index contributed by atoms with van der Waals surface area (Å²) < 4.78 is 4.27. The number of aliphatic hydroxyl groups excluding tert-OH is 1. The van der Waals surface area contributed by atoms with E-state index in [-0.39, 0.29) is 18.4 Å². The molecule has 2 aliphatic rings. The molecule has 1 atom stereocenters. The fourth-order valence-corrected chi connectivity index (χ4v) is 4.86. The third kappa shape index (κ3) is 3.07. The van der Waals surface area contributed by atoms with Crippen LogP contribution in [0.3, 0.4) is 0 Å². The lowest BCUT2D eigenvalue weighted by atomic mass is 10.1. The minimum Gasteiger partial charge on any atom is -0.396 e. The number of rotatable bonds is 3. The van der Waals surface area contributed by atoms with Gasteiger partial charge in [-0.2, -0.15) is 5.26 Å². The summed E-state index contributed by atoms with van der Waals surface area (Å²) in [6, 6.07) is 18.0. The molecule has 1 fully saturated rings. The number of aliphatic hydroxyl groups is 1. The van der Waals surface area contributed by atoms with Crippen LogP contribution in [0.2, 0.25) is 0 Å². The van der Waals surface area contributed by atoms with Crippen molar-refractivity contribution in [2.24, 2.45) is 5.92 Å². The summed E-state index contributed by atoms with van der Waals surface area (Å²) in [6.45, 7) is 1.16. The molecule has 1 saturated heterocycles. The Morgan fingerprint density at radius 3 is 2.73 bits per heavy atom.